The predicted octanol–water partition coefficient (Wildman–Crippen LogP) is 5.79. The first kappa shape index (κ1) is 14.1. The fraction of sp³-hybridized carbons (Fsp3) is 0.333. The Labute approximate surface area is 130 Å². The van der Waals surface area contributed by atoms with Crippen LogP contribution < -0.4 is 0 Å². The third-order valence-electron chi connectivity index (χ3n) is 3.95. The normalized spacial score (nSPS) is 15.8. The standard InChI is InChI=1S/C18H20S2/c1-12-4-6-15(7-5-12)18-19-10-16-8-13(2)14(3)9-17(16)11-20-18/h4-9,18H,10-11H2,1-3H3. The molecule has 0 aromatic heterocycles. The molecule has 0 bridgehead atoms. The minimum Gasteiger partial charge on any atom is -0.138 e. The summed E-state index contributed by atoms with van der Waals surface area (Å²) in [5.74, 6) is 2.25. The van der Waals surface area contributed by atoms with Crippen LogP contribution in [0.3, 0.4) is 0 Å². The van der Waals surface area contributed by atoms with Gasteiger partial charge < -0.3 is 0 Å². The number of benzene rings is 2. The van der Waals surface area contributed by atoms with Gasteiger partial charge in [0, 0.05) is 11.5 Å². The van der Waals surface area contributed by atoms with E-state index in [0.29, 0.717) is 4.58 Å². The second-order valence-electron chi connectivity index (χ2n) is 5.57. The van der Waals surface area contributed by atoms with Crippen molar-refractivity contribution in [2.75, 3.05) is 0 Å². The quantitative estimate of drug-likeness (QED) is 0.653. The number of thioether (sulfide) groups is 2. The van der Waals surface area contributed by atoms with E-state index in [9.17, 15) is 0 Å². The predicted molar refractivity (Wildman–Crippen MR) is 92.4 cm³/mol. The molecule has 0 atom stereocenters. The van der Waals surface area contributed by atoms with Crippen molar-refractivity contribution in [1.82, 2.24) is 0 Å². The number of hydrogen-bond acceptors (Lipinski definition) is 2. The Balaban J connectivity index is 1.83. The van der Waals surface area contributed by atoms with Crippen molar-refractivity contribution in [3.63, 3.8) is 0 Å². The van der Waals surface area contributed by atoms with Crippen LogP contribution in [0.4, 0.5) is 0 Å². The molecule has 3 rings (SSSR count). The Morgan fingerprint density at radius 1 is 0.800 bits per heavy atom. The summed E-state index contributed by atoms with van der Waals surface area (Å²) in [5.41, 5.74) is 8.69. The molecule has 2 aromatic carbocycles. The van der Waals surface area contributed by atoms with Gasteiger partial charge in [-0.25, -0.2) is 0 Å². The van der Waals surface area contributed by atoms with Gasteiger partial charge >= 0.3 is 0 Å². The zero-order valence-electron chi connectivity index (χ0n) is 12.3. The fourth-order valence-electron chi connectivity index (χ4n) is 2.50. The monoisotopic (exact) mass is 300 g/mol. The van der Waals surface area contributed by atoms with Crippen molar-refractivity contribution in [1.29, 1.82) is 0 Å². The van der Waals surface area contributed by atoms with Crippen LogP contribution in [0, 0.1) is 20.8 Å². The van der Waals surface area contributed by atoms with E-state index >= 15 is 0 Å². The number of fused-ring (bicyclic) bond motifs is 1. The molecule has 2 aromatic rings. The average Bonchev–Trinajstić information content (AvgIpc) is 2.63. The van der Waals surface area contributed by atoms with E-state index < -0.39 is 0 Å². The SMILES string of the molecule is Cc1ccc(C2SCc3cc(C)c(C)cc3CS2)cc1. The maximum absolute atomic E-state index is 2.38. The highest BCUT2D eigenvalue weighted by Crippen LogP contribution is 2.46. The zero-order chi connectivity index (χ0) is 14.1. The average molecular weight is 300 g/mol. The summed E-state index contributed by atoms with van der Waals surface area (Å²) in [7, 11) is 0. The molecule has 2 heteroatoms. The Morgan fingerprint density at radius 2 is 1.30 bits per heavy atom. The van der Waals surface area contributed by atoms with Crippen molar-refractivity contribution in [2.24, 2.45) is 0 Å². The van der Waals surface area contributed by atoms with Crippen molar-refractivity contribution < 1.29 is 0 Å². The number of rotatable bonds is 1. The summed E-state index contributed by atoms with van der Waals surface area (Å²) >= 11 is 4.13. The van der Waals surface area contributed by atoms with Gasteiger partial charge in [-0.05, 0) is 48.6 Å². The highest BCUT2D eigenvalue weighted by molar-refractivity contribution is 8.15. The molecule has 0 amide bonds. The molecule has 0 saturated carbocycles. The fourth-order valence-corrected chi connectivity index (χ4v) is 5.19. The van der Waals surface area contributed by atoms with Gasteiger partial charge in [0.15, 0.2) is 0 Å². The third-order valence-corrected chi connectivity index (χ3v) is 6.87. The van der Waals surface area contributed by atoms with Gasteiger partial charge in [-0.2, -0.15) is 0 Å². The molecule has 0 saturated heterocycles. The molecule has 20 heavy (non-hydrogen) atoms. The van der Waals surface area contributed by atoms with Crippen LogP contribution in [0.15, 0.2) is 36.4 Å². The van der Waals surface area contributed by atoms with Crippen LogP contribution in [0.2, 0.25) is 0 Å². The maximum atomic E-state index is 2.38. The second kappa shape index (κ2) is 5.87. The van der Waals surface area contributed by atoms with E-state index in [1.807, 2.05) is 0 Å². The third kappa shape index (κ3) is 2.91. The van der Waals surface area contributed by atoms with Crippen LogP contribution in [0.25, 0.3) is 0 Å². The van der Waals surface area contributed by atoms with E-state index in [4.69, 9.17) is 0 Å². The van der Waals surface area contributed by atoms with Gasteiger partial charge in [-0.1, -0.05) is 42.0 Å². The lowest BCUT2D eigenvalue weighted by atomic mass is 10.0. The van der Waals surface area contributed by atoms with Crippen LogP contribution in [0.5, 0.6) is 0 Å². The maximum Gasteiger partial charge on any atom is 0.0757 e. The van der Waals surface area contributed by atoms with E-state index in [0.717, 1.165) is 11.5 Å². The Bertz CT molecular complexity index is 581. The Kier molecular flexibility index (Phi) is 4.13. The lowest BCUT2D eigenvalue weighted by Gasteiger charge is -2.13. The lowest BCUT2D eigenvalue weighted by Crippen LogP contribution is -1.92. The summed E-state index contributed by atoms with van der Waals surface area (Å²) in [6.45, 7) is 6.59. The van der Waals surface area contributed by atoms with Gasteiger partial charge in [0.1, 0.15) is 0 Å². The van der Waals surface area contributed by atoms with Gasteiger partial charge in [0.2, 0.25) is 0 Å². The minimum atomic E-state index is 0.559. The summed E-state index contributed by atoms with van der Waals surface area (Å²) in [5, 5.41) is 0. The molecule has 1 aliphatic rings. The van der Waals surface area contributed by atoms with Gasteiger partial charge in [0.05, 0.1) is 4.58 Å². The molecule has 1 heterocycles. The first-order valence-electron chi connectivity index (χ1n) is 7.02. The minimum absolute atomic E-state index is 0.559. The summed E-state index contributed by atoms with van der Waals surface area (Å²) in [6.07, 6.45) is 0. The van der Waals surface area contributed by atoms with Crippen LogP contribution in [-0.2, 0) is 11.5 Å². The van der Waals surface area contributed by atoms with Crippen molar-refractivity contribution >= 4 is 23.5 Å². The largest absolute Gasteiger partial charge is 0.138 e. The lowest BCUT2D eigenvalue weighted by molar-refractivity contribution is 1.22. The first-order valence-corrected chi connectivity index (χ1v) is 9.12. The molecule has 0 spiro atoms. The van der Waals surface area contributed by atoms with Crippen LogP contribution in [-0.4, -0.2) is 0 Å². The smallest absolute Gasteiger partial charge is 0.0757 e. The van der Waals surface area contributed by atoms with Crippen molar-refractivity contribution in [2.45, 2.75) is 36.9 Å². The molecule has 0 aliphatic carbocycles. The summed E-state index contributed by atoms with van der Waals surface area (Å²) in [6, 6.07) is 13.8. The van der Waals surface area contributed by atoms with Crippen LogP contribution in [0.1, 0.15) is 38.0 Å². The Hall–Kier alpha value is -0.860. The van der Waals surface area contributed by atoms with Gasteiger partial charge in [-0.3, -0.25) is 0 Å². The molecule has 104 valence electrons. The topological polar surface area (TPSA) is 0 Å². The van der Waals surface area contributed by atoms with Gasteiger partial charge in [-0.15, -0.1) is 23.5 Å². The molecule has 0 unspecified atom stereocenters. The molecule has 0 nitrogen and oxygen atoms in total. The van der Waals surface area contributed by atoms with Crippen LogP contribution >= 0.6 is 23.5 Å². The molecule has 0 fully saturated rings. The first-order chi connectivity index (χ1) is 9.63. The van der Waals surface area contributed by atoms with Crippen molar-refractivity contribution in [3.8, 4) is 0 Å². The summed E-state index contributed by atoms with van der Waals surface area (Å²) in [4.78, 5) is 0. The van der Waals surface area contributed by atoms with E-state index in [2.05, 4.69) is 80.7 Å². The van der Waals surface area contributed by atoms with Crippen molar-refractivity contribution in [3.05, 3.63) is 69.8 Å². The van der Waals surface area contributed by atoms with E-state index in [1.54, 1.807) is 0 Å². The number of aryl methyl sites for hydroxylation is 3. The molecule has 0 N–H and O–H groups in total. The highest BCUT2D eigenvalue weighted by atomic mass is 32.2. The van der Waals surface area contributed by atoms with Gasteiger partial charge in [0.25, 0.3) is 0 Å². The molecule has 1 aliphatic heterocycles. The molecular weight excluding hydrogens is 280 g/mol. The summed E-state index contributed by atoms with van der Waals surface area (Å²) < 4.78 is 0.559. The Morgan fingerprint density at radius 3 is 1.80 bits per heavy atom. The second-order valence-corrected chi connectivity index (χ2v) is 8.06. The number of hydrogen-bond donors (Lipinski definition) is 0. The molecular formula is C18H20S2. The highest BCUT2D eigenvalue weighted by Gasteiger charge is 2.19. The zero-order valence-corrected chi connectivity index (χ0v) is 13.9. The van der Waals surface area contributed by atoms with E-state index in [-0.39, 0.29) is 0 Å². The molecule has 0 radical (unpaired) electrons. The van der Waals surface area contributed by atoms with E-state index in [1.165, 1.54) is 33.4 Å².